The third-order valence-electron chi connectivity index (χ3n) is 3.16. The first kappa shape index (κ1) is 14.5. The number of nitrogens with zero attached hydrogens (tertiary/aromatic N) is 1. The summed E-state index contributed by atoms with van der Waals surface area (Å²) in [5.41, 5.74) is 1.73. The Bertz CT molecular complexity index is 726. The second-order valence-electron chi connectivity index (χ2n) is 4.60. The molecule has 2 rings (SSSR count). The topological polar surface area (TPSA) is 99.5 Å². The van der Waals surface area contributed by atoms with Crippen LogP contribution in [0.25, 0.3) is 0 Å². The van der Waals surface area contributed by atoms with Crippen molar-refractivity contribution in [3.05, 3.63) is 52.8 Å². The number of amides is 1. The molecular formula is C15H14N2O4. The van der Waals surface area contributed by atoms with Crippen LogP contribution in [-0.4, -0.2) is 27.1 Å². The van der Waals surface area contributed by atoms with E-state index in [1.807, 2.05) is 0 Å². The highest BCUT2D eigenvalue weighted by atomic mass is 16.4. The Labute approximate surface area is 121 Å². The molecule has 0 spiro atoms. The minimum absolute atomic E-state index is 0.118. The fourth-order valence-corrected chi connectivity index (χ4v) is 1.92. The van der Waals surface area contributed by atoms with E-state index in [1.54, 1.807) is 19.9 Å². The molecule has 0 radical (unpaired) electrons. The molecule has 0 unspecified atom stereocenters. The molecule has 1 aromatic heterocycles. The van der Waals surface area contributed by atoms with Crippen molar-refractivity contribution >= 4 is 17.6 Å². The molecule has 0 saturated carbocycles. The first-order valence-electron chi connectivity index (χ1n) is 6.20. The average Bonchev–Trinajstić information content (AvgIpc) is 2.42. The van der Waals surface area contributed by atoms with Gasteiger partial charge in [-0.15, -0.1) is 0 Å². The van der Waals surface area contributed by atoms with Gasteiger partial charge in [0.1, 0.15) is 5.75 Å². The summed E-state index contributed by atoms with van der Waals surface area (Å²) in [6, 6.07) is 5.90. The molecule has 1 heterocycles. The minimum atomic E-state index is -1.06. The molecule has 0 fully saturated rings. The predicted octanol–water partition coefficient (Wildman–Crippen LogP) is 2.35. The van der Waals surface area contributed by atoms with Crippen LogP contribution in [0.3, 0.4) is 0 Å². The maximum atomic E-state index is 12.0. The van der Waals surface area contributed by atoms with Gasteiger partial charge in [-0.2, -0.15) is 0 Å². The van der Waals surface area contributed by atoms with Crippen molar-refractivity contribution in [3.8, 4) is 5.75 Å². The highest BCUT2D eigenvalue weighted by molar-refractivity contribution is 6.05. The first-order valence-corrected chi connectivity index (χ1v) is 6.20. The van der Waals surface area contributed by atoms with E-state index in [0.29, 0.717) is 11.3 Å². The van der Waals surface area contributed by atoms with Gasteiger partial charge in [0.15, 0.2) is 5.69 Å². The fourth-order valence-electron chi connectivity index (χ4n) is 1.92. The van der Waals surface area contributed by atoms with Gasteiger partial charge in [0.2, 0.25) is 0 Å². The smallest absolute Gasteiger partial charge is 0.336 e. The number of aromatic nitrogens is 1. The van der Waals surface area contributed by atoms with Gasteiger partial charge in [0, 0.05) is 11.9 Å². The summed E-state index contributed by atoms with van der Waals surface area (Å²) >= 11 is 0. The SMILES string of the molecule is Cc1cc(NC(=O)c2ncccc2O)cc(C(=O)O)c1C. The highest BCUT2D eigenvalue weighted by Gasteiger charge is 2.15. The molecule has 6 heteroatoms. The highest BCUT2D eigenvalue weighted by Crippen LogP contribution is 2.21. The van der Waals surface area contributed by atoms with Crippen LogP contribution in [0, 0.1) is 13.8 Å². The fraction of sp³-hybridized carbons (Fsp3) is 0.133. The van der Waals surface area contributed by atoms with Crippen LogP contribution < -0.4 is 5.32 Å². The summed E-state index contributed by atoms with van der Waals surface area (Å²) in [6.45, 7) is 3.46. The zero-order chi connectivity index (χ0) is 15.6. The Morgan fingerprint density at radius 1 is 1.24 bits per heavy atom. The average molecular weight is 286 g/mol. The lowest BCUT2D eigenvalue weighted by atomic mass is 10.0. The number of carboxylic acids is 1. The molecule has 108 valence electrons. The number of anilines is 1. The zero-order valence-electron chi connectivity index (χ0n) is 11.5. The van der Waals surface area contributed by atoms with Crippen LogP contribution in [0.2, 0.25) is 0 Å². The van der Waals surface area contributed by atoms with E-state index in [0.717, 1.165) is 5.56 Å². The Morgan fingerprint density at radius 2 is 1.95 bits per heavy atom. The number of carbonyl (C=O) groups excluding carboxylic acids is 1. The second-order valence-corrected chi connectivity index (χ2v) is 4.60. The van der Waals surface area contributed by atoms with Gasteiger partial charge in [0.25, 0.3) is 5.91 Å². The summed E-state index contributed by atoms with van der Waals surface area (Å²) in [7, 11) is 0. The predicted molar refractivity (Wildman–Crippen MR) is 76.7 cm³/mol. The third kappa shape index (κ3) is 3.00. The van der Waals surface area contributed by atoms with Gasteiger partial charge < -0.3 is 15.5 Å². The molecule has 0 bridgehead atoms. The molecule has 3 N–H and O–H groups in total. The largest absolute Gasteiger partial charge is 0.505 e. The number of carbonyl (C=O) groups is 2. The number of benzene rings is 1. The van der Waals surface area contributed by atoms with Crippen LogP contribution in [0.4, 0.5) is 5.69 Å². The van der Waals surface area contributed by atoms with E-state index in [-0.39, 0.29) is 17.0 Å². The second kappa shape index (κ2) is 5.62. The summed E-state index contributed by atoms with van der Waals surface area (Å²) in [5.74, 6) is -1.91. The summed E-state index contributed by atoms with van der Waals surface area (Å²) in [6.07, 6.45) is 1.39. The van der Waals surface area contributed by atoms with Crippen LogP contribution in [0.1, 0.15) is 32.0 Å². The number of carboxylic acid groups (broad SMARTS) is 1. The quantitative estimate of drug-likeness (QED) is 0.804. The van der Waals surface area contributed by atoms with E-state index in [4.69, 9.17) is 5.11 Å². The Kier molecular flexibility index (Phi) is 3.89. The molecule has 6 nitrogen and oxygen atoms in total. The van der Waals surface area contributed by atoms with Crippen LogP contribution >= 0.6 is 0 Å². The van der Waals surface area contributed by atoms with Crippen LogP contribution in [0.15, 0.2) is 30.5 Å². The molecule has 1 aromatic carbocycles. The van der Waals surface area contributed by atoms with Crippen molar-refractivity contribution in [1.82, 2.24) is 4.98 Å². The summed E-state index contributed by atoms with van der Waals surface area (Å²) in [4.78, 5) is 27.0. The van der Waals surface area contributed by atoms with Crippen LogP contribution in [-0.2, 0) is 0 Å². The number of nitrogens with one attached hydrogen (secondary N) is 1. The van der Waals surface area contributed by atoms with Gasteiger partial charge in [-0.1, -0.05) is 0 Å². The molecule has 0 aliphatic rings. The molecule has 1 amide bonds. The number of hydrogen-bond donors (Lipinski definition) is 3. The lowest BCUT2D eigenvalue weighted by molar-refractivity contribution is 0.0695. The maximum Gasteiger partial charge on any atom is 0.336 e. The molecule has 0 aliphatic heterocycles. The molecule has 21 heavy (non-hydrogen) atoms. The van der Waals surface area contributed by atoms with Gasteiger partial charge in [0.05, 0.1) is 5.56 Å². The normalized spacial score (nSPS) is 10.2. The molecule has 0 saturated heterocycles. The summed E-state index contributed by atoms with van der Waals surface area (Å²) < 4.78 is 0. The number of rotatable bonds is 3. The van der Waals surface area contributed by atoms with E-state index in [2.05, 4.69) is 10.3 Å². The lowest BCUT2D eigenvalue weighted by Gasteiger charge is -2.11. The molecule has 2 aromatic rings. The maximum absolute atomic E-state index is 12.0. The van der Waals surface area contributed by atoms with Gasteiger partial charge >= 0.3 is 5.97 Å². The first-order chi connectivity index (χ1) is 9.90. The Balaban J connectivity index is 2.34. The zero-order valence-corrected chi connectivity index (χ0v) is 11.5. The number of pyridine rings is 1. The summed E-state index contributed by atoms with van der Waals surface area (Å²) in [5, 5.41) is 21.3. The number of aromatic carboxylic acids is 1. The monoisotopic (exact) mass is 286 g/mol. The number of hydrogen-bond acceptors (Lipinski definition) is 4. The lowest BCUT2D eigenvalue weighted by Crippen LogP contribution is -2.15. The molecule has 0 atom stereocenters. The van der Waals surface area contributed by atoms with Crippen molar-refractivity contribution in [2.75, 3.05) is 5.32 Å². The Hall–Kier alpha value is -2.89. The molecular weight excluding hydrogens is 272 g/mol. The Morgan fingerprint density at radius 3 is 2.57 bits per heavy atom. The van der Waals surface area contributed by atoms with Crippen molar-refractivity contribution in [2.24, 2.45) is 0 Å². The minimum Gasteiger partial charge on any atom is -0.505 e. The molecule has 0 aliphatic carbocycles. The van der Waals surface area contributed by atoms with Gasteiger partial charge in [-0.05, 0) is 49.2 Å². The van der Waals surface area contributed by atoms with E-state index >= 15 is 0 Å². The van der Waals surface area contributed by atoms with Crippen molar-refractivity contribution in [2.45, 2.75) is 13.8 Å². The van der Waals surface area contributed by atoms with Crippen molar-refractivity contribution in [3.63, 3.8) is 0 Å². The van der Waals surface area contributed by atoms with Gasteiger partial charge in [-0.3, -0.25) is 4.79 Å². The van der Waals surface area contributed by atoms with E-state index in [1.165, 1.54) is 24.4 Å². The standard InChI is InChI=1S/C15H14N2O4/c1-8-6-10(7-11(9(8)2)15(20)21)17-14(19)13-12(18)4-3-5-16-13/h3-7,18H,1-2H3,(H,17,19)(H,20,21). The van der Waals surface area contributed by atoms with Crippen LogP contribution in [0.5, 0.6) is 5.75 Å². The van der Waals surface area contributed by atoms with Gasteiger partial charge in [-0.25, -0.2) is 9.78 Å². The van der Waals surface area contributed by atoms with E-state index in [9.17, 15) is 14.7 Å². The van der Waals surface area contributed by atoms with Crippen molar-refractivity contribution < 1.29 is 19.8 Å². The number of aryl methyl sites for hydroxylation is 1. The number of aromatic hydroxyl groups is 1. The third-order valence-corrected chi connectivity index (χ3v) is 3.16. The van der Waals surface area contributed by atoms with E-state index < -0.39 is 11.9 Å². The van der Waals surface area contributed by atoms with Crippen molar-refractivity contribution in [1.29, 1.82) is 0 Å².